The lowest BCUT2D eigenvalue weighted by Gasteiger charge is -2.06. The van der Waals surface area contributed by atoms with Gasteiger partial charge in [0.05, 0.1) is 0 Å². The van der Waals surface area contributed by atoms with Gasteiger partial charge in [0.25, 0.3) is 0 Å². The van der Waals surface area contributed by atoms with Crippen LogP contribution >= 0.6 is 0 Å². The largest absolute Gasteiger partial charge is 0.133 e. The van der Waals surface area contributed by atoms with Gasteiger partial charge in [-0.2, -0.15) is 0 Å². The minimum absolute atomic E-state index is 0.847. The van der Waals surface area contributed by atoms with Crippen molar-refractivity contribution in [3.63, 3.8) is 0 Å². The molecule has 0 spiro atoms. The van der Waals surface area contributed by atoms with Crippen LogP contribution in [0.15, 0.2) is 18.4 Å². The molecule has 0 aromatic carbocycles. The molecule has 0 aliphatic heterocycles. The molecule has 0 bridgehead atoms. The predicted molar refractivity (Wildman–Crippen MR) is 42.4 cm³/mol. The molecule has 0 unspecified atom stereocenters. The maximum Gasteiger partial charge on any atom is -0.0246 e. The molecule has 0 aliphatic carbocycles. The van der Waals surface area contributed by atoms with Crippen LogP contribution in [0.4, 0.5) is 0 Å². The second-order valence-electron chi connectivity index (χ2n) is 2.33. The second-order valence-corrected chi connectivity index (χ2v) is 2.33. The lowest BCUT2D eigenvalue weighted by atomic mass is 10.00. The third kappa shape index (κ3) is 4.05. The molecular weight excluding hydrogens is 108 g/mol. The van der Waals surface area contributed by atoms with Gasteiger partial charge in [0, 0.05) is 0 Å². The smallest absolute Gasteiger partial charge is 0.0246 e. The molecule has 0 heterocycles. The topological polar surface area (TPSA) is 0 Å². The fourth-order valence-electron chi connectivity index (χ4n) is 0.872. The molecule has 0 aromatic rings. The highest BCUT2D eigenvalue weighted by Gasteiger charge is 1.97. The Morgan fingerprint density at radius 2 is 2.00 bits per heavy atom. The van der Waals surface area contributed by atoms with E-state index in [2.05, 4.69) is 26.2 Å². The van der Waals surface area contributed by atoms with Crippen LogP contribution in [0.2, 0.25) is 0 Å². The predicted octanol–water partition coefficient (Wildman–Crippen LogP) is 3.15. The fourth-order valence-corrected chi connectivity index (χ4v) is 0.872. The van der Waals surface area contributed by atoms with Crippen molar-refractivity contribution in [1.82, 2.24) is 0 Å². The monoisotopic (exact) mass is 124 g/mol. The van der Waals surface area contributed by atoms with Crippen LogP contribution in [0.5, 0.6) is 0 Å². The quantitative estimate of drug-likeness (QED) is 0.505. The van der Waals surface area contributed by atoms with Gasteiger partial charge in [-0.3, -0.25) is 0 Å². The third-order valence-corrected chi connectivity index (χ3v) is 1.75. The summed E-state index contributed by atoms with van der Waals surface area (Å²) in [4.78, 5) is 0. The van der Waals surface area contributed by atoms with E-state index in [0.717, 1.165) is 12.3 Å². The molecule has 0 aromatic heterocycles. The third-order valence-electron chi connectivity index (χ3n) is 1.75. The highest BCUT2D eigenvalue weighted by Crippen LogP contribution is 2.11. The van der Waals surface area contributed by atoms with E-state index in [0.29, 0.717) is 0 Å². The summed E-state index contributed by atoms with van der Waals surface area (Å²) < 4.78 is 0. The zero-order valence-electron chi connectivity index (χ0n) is 6.48. The zero-order chi connectivity index (χ0) is 7.11. The first kappa shape index (κ1) is 8.52. The second kappa shape index (κ2) is 5.65. The van der Waals surface area contributed by atoms with Crippen molar-refractivity contribution in [2.45, 2.75) is 33.1 Å². The minimum Gasteiger partial charge on any atom is -0.133 e. The summed E-state index contributed by atoms with van der Waals surface area (Å²) in [6.45, 7) is 7.98. The lowest BCUT2D eigenvalue weighted by molar-refractivity contribution is 0.500. The van der Waals surface area contributed by atoms with Crippen LogP contribution in [0.25, 0.3) is 0 Å². The Balaban J connectivity index is 3.42. The highest BCUT2D eigenvalue weighted by molar-refractivity contribution is 4.78. The first-order valence-electron chi connectivity index (χ1n) is 3.69. The van der Waals surface area contributed by atoms with Crippen molar-refractivity contribution in [3.8, 4) is 0 Å². The van der Waals surface area contributed by atoms with Gasteiger partial charge in [-0.1, -0.05) is 33.3 Å². The molecule has 0 N–H and O–H groups in total. The van der Waals surface area contributed by atoms with E-state index >= 15 is 0 Å². The van der Waals surface area contributed by atoms with E-state index in [4.69, 9.17) is 0 Å². The van der Waals surface area contributed by atoms with Gasteiger partial charge in [0.15, 0.2) is 0 Å². The Morgan fingerprint density at radius 3 is 2.33 bits per heavy atom. The first-order chi connectivity index (χ1) is 4.35. The SMILES string of the molecule is C=C=CCC(CC)CC. The van der Waals surface area contributed by atoms with Crippen LogP contribution in [0.1, 0.15) is 33.1 Å². The Labute approximate surface area is 58.3 Å². The molecule has 0 aliphatic rings. The maximum atomic E-state index is 3.52. The van der Waals surface area contributed by atoms with Crippen molar-refractivity contribution in [3.05, 3.63) is 18.4 Å². The van der Waals surface area contributed by atoms with Crippen LogP contribution < -0.4 is 0 Å². The van der Waals surface area contributed by atoms with Gasteiger partial charge in [-0.15, -0.1) is 5.73 Å². The molecule has 0 saturated heterocycles. The number of hydrogen-bond acceptors (Lipinski definition) is 0. The van der Waals surface area contributed by atoms with E-state index < -0.39 is 0 Å². The summed E-state index contributed by atoms with van der Waals surface area (Å²) in [6, 6.07) is 0. The Kier molecular flexibility index (Phi) is 5.35. The summed E-state index contributed by atoms with van der Waals surface area (Å²) in [5, 5.41) is 0. The molecule has 0 nitrogen and oxygen atoms in total. The summed E-state index contributed by atoms with van der Waals surface area (Å²) in [5.74, 6) is 0.847. The van der Waals surface area contributed by atoms with Crippen molar-refractivity contribution in [2.24, 2.45) is 5.92 Å². The van der Waals surface area contributed by atoms with E-state index in [1.165, 1.54) is 12.8 Å². The van der Waals surface area contributed by atoms with Crippen molar-refractivity contribution < 1.29 is 0 Å². The minimum atomic E-state index is 0.847. The van der Waals surface area contributed by atoms with E-state index in [1.54, 1.807) is 0 Å². The zero-order valence-corrected chi connectivity index (χ0v) is 6.48. The van der Waals surface area contributed by atoms with Crippen molar-refractivity contribution in [1.29, 1.82) is 0 Å². The molecule has 0 fully saturated rings. The standard InChI is InChI=1S/C9H16/c1-4-7-8-9(5-2)6-3/h7,9H,1,5-6,8H2,2-3H3. The molecule has 0 heteroatoms. The van der Waals surface area contributed by atoms with Gasteiger partial charge in [-0.05, 0) is 18.4 Å². The normalized spacial score (nSPS) is 9.22. The Bertz CT molecular complexity index is 92.6. The van der Waals surface area contributed by atoms with Crippen molar-refractivity contribution >= 4 is 0 Å². The van der Waals surface area contributed by atoms with Gasteiger partial charge in [0.1, 0.15) is 0 Å². The lowest BCUT2D eigenvalue weighted by Crippen LogP contribution is -1.92. The number of hydrogen-bond donors (Lipinski definition) is 0. The van der Waals surface area contributed by atoms with Crippen LogP contribution in [0.3, 0.4) is 0 Å². The number of rotatable bonds is 4. The van der Waals surface area contributed by atoms with E-state index in [9.17, 15) is 0 Å². The summed E-state index contributed by atoms with van der Waals surface area (Å²) in [6.07, 6.45) is 5.72. The van der Waals surface area contributed by atoms with Crippen LogP contribution in [0, 0.1) is 5.92 Å². The molecule has 0 radical (unpaired) electrons. The molecule has 9 heavy (non-hydrogen) atoms. The molecular formula is C9H16. The summed E-state index contributed by atoms with van der Waals surface area (Å²) in [5.41, 5.74) is 2.79. The van der Waals surface area contributed by atoms with Crippen LogP contribution in [-0.4, -0.2) is 0 Å². The van der Waals surface area contributed by atoms with Crippen LogP contribution in [-0.2, 0) is 0 Å². The average Bonchev–Trinajstić information content (AvgIpc) is 1.91. The van der Waals surface area contributed by atoms with Gasteiger partial charge < -0.3 is 0 Å². The van der Waals surface area contributed by atoms with E-state index in [-0.39, 0.29) is 0 Å². The molecule has 52 valence electrons. The molecule has 0 rings (SSSR count). The average molecular weight is 124 g/mol. The Morgan fingerprint density at radius 1 is 1.44 bits per heavy atom. The van der Waals surface area contributed by atoms with Gasteiger partial charge in [-0.25, -0.2) is 0 Å². The van der Waals surface area contributed by atoms with Gasteiger partial charge >= 0.3 is 0 Å². The van der Waals surface area contributed by atoms with E-state index in [1.807, 2.05) is 6.08 Å². The Hall–Kier alpha value is -0.480. The molecule has 0 saturated carbocycles. The summed E-state index contributed by atoms with van der Waals surface area (Å²) >= 11 is 0. The summed E-state index contributed by atoms with van der Waals surface area (Å²) in [7, 11) is 0. The molecule has 0 amide bonds. The molecule has 0 atom stereocenters. The van der Waals surface area contributed by atoms with Crippen molar-refractivity contribution in [2.75, 3.05) is 0 Å². The highest BCUT2D eigenvalue weighted by atomic mass is 14.0. The van der Waals surface area contributed by atoms with Gasteiger partial charge in [0.2, 0.25) is 0 Å². The number of allylic oxidation sites excluding steroid dienone is 1. The maximum absolute atomic E-state index is 3.52. The fraction of sp³-hybridized carbons (Fsp3) is 0.667. The first-order valence-corrected chi connectivity index (χ1v) is 3.69.